The van der Waals surface area contributed by atoms with Gasteiger partial charge in [-0.05, 0) is 188 Å². The number of fused-ring (bicyclic) bond motifs is 4. The lowest BCUT2D eigenvalue weighted by atomic mass is 9.76. The van der Waals surface area contributed by atoms with Crippen LogP contribution in [0, 0.1) is 0 Å². The Bertz CT molecular complexity index is 5280. The molecule has 10 aromatic carbocycles. The van der Waals surface area contributed by atoms with Crippen LogP contribution in [0.15, 0.2) is 206 Å². The van der Waals surface area contributed by atoms with Gasteiger partial charge in [0, 0.05) is 11.1 Å². The standard InChI is InChI=1S/C30H29N3O.C22H29N3O.C20H25N3O.C19H23N3O/c1-21(17-23-11-5-3-6-12-23)25-19-26(22(2)18-24-13-7-4-8-14-24)30(34)29(20-25)33-31-27-15-9-10-16-28(27)32-33;1-7-21(3,4)15-13-16(22(5,6)8-2)20(26)19(14-15)25-23-17-11-9-10-12-18(17)24-25;1-19(2,3)13-11-14(20(4,5)6)18(24)17(12-13)23-21-15-9-7-8-10-16(15)22-23;1-12(2)14-10-13(19(3,4)5)11-17(18(14)23)22-20-15-8-6-7-9-16(15)21-22/h3-16,19-22,34H,17-18H2,1-2H3;9-14,26H,7-8H2,1-6H3;7-12,24H,1-6H3;6-12,23H,1-5H3. The molecule has 0 fully saturated rings. The number of rotatable bonds is 15. The monoisotopic (exact) mass is 1430 g/mol. The Labute approximate surface area is 630 Å². The Hall–Kier alpha value is -11.0. The summed E-state index contributed by atoms with van der Waals surface area (Å²) in [6, 6.07) is 68.5. The predicted octanol–water partition coefficient (Wildman–Crippen LogP) is 21.6. The fraction of sp³-hybridized carbons (Fsp3) is 0.341. The van der Waals surface area contributed by atoms with E-state index in [9.17, 15) is 20.4 Å². The molecule has 16 nitrogen and oxygen atoms in total. The summed E-state index contributed by atoms with van der Waals surface area (Å²) in [5, 5.41) is 80.7. The van der Waals surface area contributed by atoms with Crippen molar-refractivity contribution >= 4 is 44.1 Å². The molecule has 0 aliphatic heterocycles. The highest BCUT2D eigenvalue weighted by molar-refractivity contribution is 5.77. The van der Waals surface area contributed by atoms with Crippen LogP contribution in [0.2, 0.25) is 0 Å². The van der Waals surface area contributed by atoms with E-state index in [0.717, 1.165) is 103 Å². The molecule has 0 amide bonds. The maximum absolute atomic E-state index is 11.4. The van der Waals surface area contributed by atoms with Crippen LogP contribution in [0.4, 0.5) is 0 Å². The molecule has 0 saturated heterocycles. The molecule has 0 saturated carbocycles. The smallest absolute Gasteiger partial charge is 0.146 e. The third-order valence-corrected chi connectivity index (χ3v) is 20.8. The number of aromatic hydroxyl groups is 4. The SMILES string of the molecule is CC(C)(C)c1cc(-n2nc3ccccc3n2)c(O)c(C(C)(C)C)c1.CC(C)c1cc(C(C)(C)C)cc(-n2nc3ccccc3n2)c1O.CC(Cc1ccccc1)c1cc(C(C)Cc2ccccc2)c(O)c(-n2nc3ccccc3n2)c1.CCC(C)(C)c1cc(-n2nc3ccccc3n2)c(O)c(C(C)(C)CC)c1. The summed E-state index contributed by atoms with van der Waals surface area (Å²) in [5.41, 5.74) is 19.7. The molecule has 0 radical (unpaired) electrons. The van der Waals surface area contributed by atoms with Crippen molar-refractivity contribution < 1.29 is 20.4 Å². The van der Waals surface area contributed by atoms with Crippen molar-refractivity contribution in [2.75, 3.05) is 0 Å². The van der Waals surface area contributed by atoms with Crippen molar-refractivity contribution in [1.29, 1.82) is 0 Å². The van der Waals surface area contributed by atoms with Gasteiger partial charge in [0.15, 0.2) is 0 Å². The maximum Gasteiger partial charge on any atom is 0.146 e. The Morgan fingerprint density at radius 1 is 0.299 bits per heavy atom. The summed E-state index contributed by atoms with van der Waals surface area (Å²) in [7, 11) is 0. The average Bonchev–Trinajstić information content (AvgIpc) is 1.39. The van der Waals surface area contributed by atoms with E-state index in [4.69, 9.17) is 0 Å². The van der Waals surface area contributed by atoms with Gasteiger partial charge in [0.05, 0.1) is 0 Å². The van der Waals surface area contributed by atoms with Gasteiger partial charge in [0.2, 0.25) is 0 Å². The van der Waals surface area contributed by atoms with E-state index in [-0.39, 0.29) is 67.8 Å². The normalized spacial score (nSPS) is 12.7. The van der Waals surface area contributed by atoms with Gasteiger partial charge >= 0.3 is 0 Å². The van der Waals surface area contributed by atoms with Gasteiger partial charge in [-0.15, -0.1) is 60.0 Å². The number of nitrogens with zero attached hydrogens (tertiary/aromatic N) is 12. The number of aromatic nitrogens is 12. The van der Waals surface area contributed by atoms with Crippen LogP contribution in [-0.2, 0) is 39.9 Å². The molecule has 2 unspecified atom stereocenters. The van der Waals surface area contributed by atoms with E-state index >= 15 is 0 Å². The van der Waals surface area contributed by atoms with E-state index in [2.05, 4.69) is 245 Å². The van der Waals surface area contributed by atoms with Gasteiger partial charge in [-0.1, -0.05) is 265 Å². The second-order valence-corrected chi connectivity index (χ2v) is 33.2. The zero-order valence-electron chi connectivity index (χ0n) is 65.8. The largest absolute Gasteiger partial charge is 0.505 e. The highest BCUT2D eigenvalue weighted by atomic mass is 16.3. The first-order valence-electron chi connectivity index (χ1n) is 37.5. The van der Waals surface area contributed by atoms with Gasteiger partial charge in [-0.2, -0.15) is 0 Å². The second kappa shape index (κ2) is 31.2. The molecule has 4 heterocycles. The molecule has 0 aliphatic rings. The molecular weight excluding hydrogens is 1330 g/mol. The third kappa shape index (κ3) is 17.4. The first-order chi connectivity index (χ1) is 50.6. The first kappa shape index (κ1) is 77.1. The van der Waals surface area contributed by atoms with Gasteiger partial charge < -0.3 is 20.4 Å². The summed E-state index contributed by atoms with van der Waals surface area (Å²) >= 11 is 0. The topological polar surface area (TPSA) is 204 Å². The fourth-order valence-electron chi connectivity index (χ4n) is 13.0. The molecule has 0 spiro atoms. The molecule has 2 atom stereocenters. The summed E-state index contributed by atoms with van der Waals surface area (Å²) in [5.74, 6) is 1.65. The van der Waals surface area contributed by atoms with Gasteiger partial charge in [0.1, 0.15) is 89.9 Å². The maximum atomic E-state index is 11.4. The number of hydrogen-bond acceptors (Lipinski definition) is 12. The number of benzene rings is 10. The average molecular weight is 1430 g/mol. The van der Waals surface area contributed by atoms with Crippen LogP contribution in [-0.4, -0.2) is 80.4 Å². The number of phenolic OH excluding ortho intramolecular Hbond substituents is 4. The minimum Gasteiger partial charge on any atom is -0.505 e. The van der Waals surface area contributed by atoms with Crippen molar-refractivity contribution in [3.8, 4) is 45.7 Å². The lowest BCUT2D eigenvalue weighted by molar-refractivity contribution is 0.420. The first-order valence-corrected chi connectivity index (χ1v) is 37.5. The highest BCUT2D eigenvalue weighted by Crippen LogP contribution is 2.44. The molecule has 554 valence electrons. The van der Waals surface area contributed by atoms with Crippen LogP contribution in [0.5, 0.6) is 23.0 Å². The van der Waals surface area contributed by atoms with Crippen molar-refractivity contribution in [2.45, 2.75) is 202 Å². The van der Waals surface area contributed by atoms with E-state index < -0.39 is 0 Å². The summed E-state index contributed by atoms with van der Waals surface area (Å²) in [4.78, 5) is 6.24. The molecule has 0 bridgehead atoms. The van der Waals surface area contributed by atoms with E-state index in [1.165, 1.54) is 22.3 Å². The lowest BCUT2D eigenvalue weighted by Gasteiger charge is -2.30. The predicted molar refractivity (Wildman–Crippen MR) is 436 cm³/mol. The Kier molecular flexibility index (Phi) is 22.5. The minimum absolute atomic E-state index is 0.00754. The third-order valence-electron chi connectivity index (χ3n) is 20.8. The molecule has 14 rings (SSSR count). The fourth-order valence-corrected chi connectivity index (χ4v) is 13.0. The number of hydrogen-bond donors (Lipinski definition) is 4. The van der Waals surface area contributed by atoms with Crippen LogP contribution < -0.4 is 0 Å². The van der Waals surface area contributed by atoms with Crippen molar-refractivity contribution in [2.24, 2.45) is 0 Å². The molecule has 0 aliphatic carbocycles. The highest BCUT2D eigenvalue weighted by Gasteiger charge is 2.31. The van der Waals surface area contributed by atoms with Crippen molar-refractivity contribution in [1.82, 2.24) is 60.0 Å². The summed E-state index contributed by atoms with van der Waals surface area (Å²) in [6.07, 6.45) is 3.72. The number of phenols is 4. The van der Waals surface area contributed by atoms with Crippen molar-refractivity contribution in [3.05, 3.63) is 262 Å². The molecular formula is C91H106N12O4. The molecule has 4 aromatic heterocycles. The quantitative estimate of drug-likeness (QED) is 0.0757. The van der Waals surface area contributed by atoms with Gasteiger partial charge in [-0.3, -0.25) is 0 Å². The second-order valence-electron chi connectivity index (χ2n) is 33.2. The zero-order valence-corrected chi connectivity index (χ0v) is 65.8. The van der Waals surface area contributed by atoms with Crippen LogP contribution >= 0.6 is 0 Å². The Morgan fingerprint density at radius 3 is 0.944 bits per heavy atom. The van der Waals surface area contributed by atoms with Crippen LogP contribution in [0.3, 0.4) is 0 Å². The van der Waals surface area contributed by atoms with Crippen LogP contribution in [0.1, 0.15) is 218 Å². The van der Waals surface area contributed by atoms with E-state index in [1.54, 1.807) is 19.2 Å². The molecule has 14 aromatic rings. The molecule has 16 heteroatoms. The van der Waals surface area contributed by atoms with E-state index in [0.29, 0.717) is 22.7 Å². The minimum atomic E-state index is -0.174. The van der Waals surface area contributed by atoms with Gasteiger partial charge in [0.25, 0.3) is 0 Å². The van der Waals surface area contributed by atoms with Crippen LogP contribution in [0.25, 0.3) is 66.9 Å². The van der Waals surface area contributed by atoms with Gasteiger partial charge in [-0.25, -0.2) is 0 Å². The summed E-state index contributed by atoms with van der Waals surface area (Å²) < 4.78 is 0. The zero-order chi connectivity index (χ0) is 77.1. The van der Waals surface area contributed by atoms with Crippen molar-refractivity contribution in [3.63, 3.8) is 0 Å². The Balaban J connectivity index is 0.000000144. The van der Waals surface area contributed by atoms with E-state index in [1.807, 2.05) is 133 Å². The Morgan fingerprint density at radius 2 is 0.598 bits per heavy atom. The lowest BCUT2D eigenvalue weighted by Crippen LogP contribution is -2.21. The molecule has 4 N–H and O–H groups in total. The summed E-state index contributed by atoms with van der Waals surface area (Å²) in [6.45, 7) is 41.0. The molecule has 107 heavy (non-hydrogen) atoms.